The average Bonchev–Trinajstić information content (AvgIpc) is 2.98. The lowest BCUT2D eigenvalue weighted by Gasteiger charge is -2.04. The molecule has 0 saturated carbocycles. The van der Waals surface area contributed by atoms with Gasteiger partial charge in [-0.15, -0.1) is 0 Å². The Morgan fingerprint density at radius 3 is 2.89 bits per heavy atom. The lowest BCUT2D eigenvalue weighted by Crippen LogP contribution is -2.20. The molecule has 0 fully saturated rings. The molecule has 0 amide bonds. The van der Waals surface area contributed by atoms with Gasteiger partial charge in [0.25, 0.3) is 0 Å². The van der Waals surface area contributed by atoms with E-state index in [9.17, 15) is 0 Å². The number of nitrogens with zero attached hydrogens (tertiary/aromatic N) is 6. The highest BCUT2D eigenvalue weighted by Crippen LogP contribution is 1.98. The first-order chi connectivity index (χ1) is 9.19. The Labute approximate surface area is 113 Å². The van der Waals surface area contributed by atoms with Gasteiger partial charge in [-0.1, -0.05) is 13.8 Å². The molecule has 1 N–H and O–H groups in total. The zero-order valence-corrected chi connectivity index (χ0v) is 11.7. The van der Waals surface area contributed by atoms with Gasteiger partial charge < -0.3 is 5.32 Å². The fraction of sp³-hybridized carbons (Fsp3) is 0.667. The molecule has 2 aromatic heterocycles. The normalized spacial score (nSPS) is 11.4. The van der Waals surface area contributed by atoms with Gasteiger partial charge in [-0.2, -0.15) is 10.2 Å². The average molecular weight is 263 g/mol. The summed E-state index contributed by atoms with van der Waals surface area (Å²) in [5.74, 6) is 2.34. The van der Waals surface area contributed by atoms with Crippen molar-refractivity contribution in [2.24, 2.45) is 5.92 Å². The molecular weight excluding hydrogens is 242 g/mol. The summed E-state index contributed by atoms with van der Waals surface area (Å²) in [7, 11) is 0. The van der Waals surface area contributed by atoms with E-state index in [-0.39, 0.29) is 0 Å². The van der Waals surface area contributed by atoms with Gasteiger partial charge in [0.15, 0.2) is 5.82 Å². The molecular formula is C12H21N7. The van der Waals surface area contributed by atoms with Gasteiger partial charge in [0.1, 0.15) is 25.0 Å². The number of hydrogen-bond acceptors (Lipinski definition) is 5. The molecule has 19 heavy (non-hydrogen) atoms. The highest BCUT2D eigenvalue weighted by atomic mass is 15.4. The van der Waals surface area contributed by atoms with E-state index in [0.29, 0.717) is 19.0 Å². The quantitative estimate of drug-likeness (QED) is 0.795. The van der Waals surface area contributed by atoms with E-state index in [2.05, 4.69) is 39.3 Å². The van der Waals surface area contributed by atoms with E-state index < -0.39 is 0 Å². The molecule has 0 atom stereocenters. The van der Waals surface area contributed by atoms with Crippen molar-refractivity contribution in [3.05, 3.63) is 24.3 Å². The molecule has 2 heterocycles. The van der Waals surface area contributed by atoms with Crippen molar-refractivity contribution in [1.29, 1.82) is 0 Å². The van der Waals surface area contributed by atoms with Crippen molar-refractivity contribution in [3.8, 4) is 0 Å². The van der Waals surface area contributed by atoms with Crippen LogP contribution < -0.4 is 5.32 Å². The first-order valence-corrected chi connectivity index (χ1v) is 6.64. The summed E-state index contributed by atoms with van der Waals surface area (Å²) < 4.78 is 3.65. The third-order valence-corrected chi connectivity index (χ3v) is 2.72. The minimum absolute atomic E-state index is 0.602. The Morgan fingerprint density at radius 1 is 1.32 bits per heavy atom. The van der Waals surface area contributed by atoms with E-state index in [4.69, 9.17) is 0 Å². The molecule has 2 rings (SSSR count). The Bertz CT molecular complexity index is 500. The molecule has 0 aliphatic heterocycles. The van der Waals surface area contributed by atoms with Crippen LogP contribution in [-0.4, -0.2) is 36.1 Å². The summed E-state index contributed by atoms with van der Waals surface area (Å²) in [6.07, 6.45) is 3.31. The maximum absolute atomic E-state index is 4.42. The van der Waals surface area contributed by atoms with Crippen LogP contribution in [0.15, 0.2) is 12.7 Å². The number of nitrogens with one attached hydrogen (secondary N) is 1. The van der Waals surface area contributed by atoms with Crippen LogP contribution in [0.25, 0.3) is 0 Å². The standard InChI is InChI=1S/C12H21N7/c1-4-19-12(14-8-16-19)7-18-9-15-11(17-18)6-13-5-10(2)3/h8-10,13H,4-7H2,1-3H3. The molecule has 0 saturated heterocycles. The van der Waals surface area contributed by atoms with Gasteiger partial charge in [0.05, 0.1) is 6.54 Å². The maximum Gasteiger partial charge on any atom is 0.164 e. The first-order valence-electron chi connectivity index (χ1n) is 6.64. The minimum atomic E-state index is 0.602. The van der Waals surface area contributed by atoms with Crippen molar-refractivity contribution in [2.45, 2.75) is 40.4 Å². The van der Waals surface area contributed by atoms with Gasteiger partial charge in [0, 0.05) is 6.54 Å². The Hall–Kier alpha value is -1.76. The van der Waals surface area contributed by atoms with Crippen LogP contribution in [0, 0.1) is 5.92 Å². The Balaban J connectivity index is 1.90. The number of rotatable bonds is 7. The third-order valence-electron chi connectivity index (χ3n) is 2.72. The second-order valence-electron chi connectivity index (χ2n) is 4.88. The number of aromatic nitrogens is 6. The smallest absolute Gasteiger partial charge is 0.164 e. The Morgan fingerprint density at radius 2 is 2.16 bits per heavy atom. The highest BCUT2D eigenvalue weighted by molar-refractivity contribution is 4.88. The molecule has 0 radical (unpaired) electrons. The Kier molecular flexibility index (Phi) is 4.62. The number of aryl methyl sites for hydroxylation is 1. The monoisotopic (exact) mass is 263 g/mol. The zero-order chi connectivity index (χ0) is 13.7. The third kappa shape index (κ3) is 3.85. The van der Waals surface area contributed by atoms with Crippen LogP contribution in [0.4, 0.5) is 0 Å². The van der Waals surface area contributed by atoms with Crippen molar-refractivity contribution in [1.82, 2.24) is 34.8 Å². The van der Waals surface area contributed by atoms with E-state index >= 15 is 0 Å². The largest absolute Gasteiger partial charge is 0.310 e. The number of hydrogen-bond donors (Lipinski definition) is 1. The molecule has 0 unspecified atom stereocenters. The van der Waals surface area contributed by atoms with Gasteiger partial charge in [-0.25, -0.2) is 19.3 Å². The molecule has 0 bridgehead atoms. The van der Waals surface area contributed by atoms with Gasteiger partial charge in [0.2, 0.25) is 0 Å². The van der Waals surface area contributed by atoms with E-state index in [1.54, 1.807) is 17.3 Å². The lowest BCUT2D eigenvalue weighted by atomic mass is 10.2. The summed E-state index contributed by atoms with van der Waals surface area (Å²) in [5.41, 5.74) is 0. The predicted octanol–water partition coefficient (Wildman–Crippen LogP) is 0.683. The molecule has 104 valence electrons. The summed E-state index contributed by atoms with van der Waals surface area (Å²) in [5, 5.41) is 11.9. The molecule has 2 aromatic rings. The van der Waals surface area contributed by atoms with Crippen LogP contribution in [0.3, 0.4) is 0 Å². The molecule has 0 aliphatic rings. The zero-order valence-electron chi connectivity index (χ0n) is 11.7. The molecule has 0 spiro atoms. The van der Waals surface area contributed by atoms with Crippen LogP contribution in [-0.2, 0) is 19.6 Å². The molecule has 0 aliphatic carbocycles. The van der Waals surface area contributed by atoms with Crippen LogP contribution in [0.2, 0.25) is 0 Å². The van der Waals surface area contributed by atoms with E-state index in [0.717, 1.165) is 24.7 Å². The summed E-state index contributed by atoms with van der Waals surface area (Å²) >= 11 is 0. The second-order valence-corrected chi connectivity index (χ2v) is 4.88. The fourth-order valence-corrected chi connectivity index (χ4v) is 1.78. The highest BCUT2D eigenvalue weighted by Gasteiger charge is 2.06. The van der Waals surface area contributed by atoms with E-state index in [1.165, 1.54) is 0 Å². The van der Waals surface area contributed by atoms with Crippen LogP contribution in [0.5, 0.6) is 0 Å². The summed E-state index contributed by atoms with van der Waals surface area (Å²) in [6, 6.07) is 0. The van der Waals surface area contributed by atoms with Crippen LogP contribution >= 0.6 is 0 Å². The van der Waals surface area contributed by atoms with Crippen molar-refractivity contribution < 1.29 is 0 Å². The topological polar surface area (TPSA) is 73.5 Å². The van der Waals surface area contributed by atoms with Crippen molar-refractivity contribution in [3.63, 3.8) is 0 Å². The van der Waals surface area contributed by atoms with Gasteiger partial charge in [-0.05, 0) is 19.4 Å². The minimum Gasteiger partial charge on any atom is -0.310 e. The molecule has 0 aromatic carbocycles. The molecule has 7 heteroatoms. The first kappa shape index (κ1) is 13.7. The van der Waals surface area contributed by atoms with Crippen molar-refractivity contribution in [2.75, 3.05) is 6.54 Å². The van der Waals surface area contributed by atoms with Gasteiger partial charge >= 0.3 is 0 Å². The predicted molar refractivity (Wildman–Crippen MR) is 71.4 cm³/mol. The van der Waals surface area contributed by atoms with Gasteiger partial charge in [-0.3, -0.25) is 0 Å². The van der Waals surface area contributed by atoms with Crippen molar-refractivity contribution >= 4 is 0 Å². The van der Waals surface area contributed by atoms with E-state index in [1.807, 2.05) is 11.6 Å². The SMILES string of the molecule is CCn1ncnc1Cn1cnc(CNCC(C)C)n1. The van der Waals surface area contributed by atoms with Crippen LogP contribution in [0.1, 0.15) is 32.4 Å². The second kappa shape index (κ2) is 6.42. The fourth-order valence-electron chi connectivity index (χ4n) is 1.78. The summed E-state index contributed by atoms with van der Waals surface area (Å²) in [4.78, 5) is 8.51. The summed E-state index contributed by atoms with van der Waals surface area (Å²) in [6.45, 7) is 9.48. The maximum atomic E-state index is 4.42. The lowest BCUT2D eigenvalue weighted by molar-refractivity contribution is 0.534. The molecule has 7 nitrogen and oxygen atoms in total.